The molecule has 0 spiro atoms. The molecule has 0 N–H and O–H groups in total. The minimum absolute atomic E-state index is 0.0736. The van der Waals surface area contributed by atoms with Gasteiger partial charge in [-0.1, -0.05) is 231 Å². The first-order chi connectivity index (χ1) is 30.5. The van der Waals surface area contributed by atoms with Gasteiger partial charge in [0.15, 0.2) is 6.10 Å². The first-order valence-corrected chi connectivity index (χ1v) is 27.3. The van der Waals surface area contributed by atoms with Crippen LogP contribution in [-0.4, -0.2) is 37.2 Å². The van der Waals surface area contributed by atoms with Gasteiger partial charge in [0, 0.05) is 19.3 Å². The van der Waals surface area contributed by atoms with E-state index >= 15 is 0 Å². The second kappa shape index (κ2) is 51.5. The summed E-state index contributed by atoms with van der Waals surface area (Å²) < 4.78 is 16.8. The maximum atomic E-state index is 12.8. The molecule has 1 atom stereocenters. The normalized spacial score (nSPS) is 12.1. The molecule has 0 bridgehead atoms. The quantitative estimate of drug-likeness (QED) is 0.0262. The standard InChI is InChI=1S/C56H104O6/c1-4-7-10-13-16-19-22-25-27-29-31-34-37-40-43-46-49-55(58)61-52-53(51-60-54(57)48-45-42-39-36-33-30-24-21-18-15-12-9-6-3)62-56(59)50-47-44-41-38-35-32-28-26-23-20-17-14-11-8-5-2/h20,23,30,33,53H,4-19,21-22,24-29,31-32,34-52H2,1-3H3/b23-20-,33-30-. The largest absolute Gasteiger partial charge is 0.462 e. The maximum absolute atomic E-state index is 12.8. The minimum Gasteiger partial charge on any atom is -0.462 e. The Labute approximate surface area is 385 Å². The van der Waals surface area contributed by atoms with Crippen molar-refractivity contribution < 1.29 is 28.6 Å². The van der Waals surface area contributed by atoms with Crippen LogP contribution >= 0.6 is 0 Å². The summed E-state index contributed by atoms with van der Waals surface area (Å²) in [6.07, 6.45) is 58.7. The third-order valence-electron chi connectivity index (χ3n) is 12.2. The smallest absolute Gasteiger partial charge is 0.306 e. The number of hydrogen-bond acceptors (Lipinski definition) is 6. The van der Waals surface area contributed by atoms with Crippen LogP contribution in [0.15, 0.2) is 24.3 Å². The molecule has 0 radical (unpaired) electrons. The number of unbranched alkanes of at least 4 members (excludes halogenated alkanes) is 35. The first-order valence-electron chi connectivity index (χ1n) is 27.3. The highest BCUT2D eigenvalue weighted by Crippen LogP contribution is 2.16. The Morgan fingerprint density at radius 1 is 0.306 bits per heavy atom. The van der Waals surface area contributed by atoms with Gasteiger partial charge in [0.25, 0.3) is 0 Å². The van der Waals surface area contributed by atoms with Crippen LogP contribution in [0.25, 0.3) is 0 Å². The van der Waals surface area contributed by atoms with Gasteiger partial charge in [0.2, 0.25) is 0 Å². The van der Waals surface area contributed by atoms with Crippen molar-refractivity contribution in [1.82, 2.24) is 0 Å². The van der Waals surface area contributed by atoms with Crippen molar-refractivity contribution in [3.63, 3.8) is 0 Å². The monoisotopic (exact) mass is 873 g/mol. The SMILES string of the molecule is CCCCCC/C=C\CCCCCCCCCC(=O)OC(COC(=O)CCCCC/C=C\CCCCCCCC)COC(=O)CCCCCCCCCCCCCCCCCC. The molecule has 0 aromatic heterocycles. The van der Waals surface area contributed by atoms with Crippen molar-refractivity contribution in [1.29, 1.82) is 0 Å². The Morgan fingerprint density at radius 3 is 0.839 bits per heavy atom. The highest BCUT2D eigenvalue weighted by molar-refractivity contribution is 5.71. The lowest BCUT2D eigenvalue weighted by Crippen LogP contribution is -2.30. The van der Waals surface area contributed by atoms with Crippen LogP contribution in [0.3, 0.4) is 0 Å². The molecule has 0 aromatic rings. The Kier molecular flexibility index (Phi) is 49.8. The Bertz CT molecular complexity index is 1000. The van der Waals surface area contributed by atoms with Gasteiger partial charge in [-0.2, -0.15) is 0 Å². The second-order valence-electron chi connectivity index (χ2n) is 18.5. The molecule has 0 saturated heterocycles. The van der Waals surface area contributed by atoms with Crippen LogP contribution in [0.1, 0.15) is 297 Å². The van der Waals surface area contributed by atoms with Crippen LogP contribution in [0.2, 0.25) is 0 Å². The van der Waals surface area contributed by atoms with E-state index in [1.807, 2.05) is 0 Å². The molecule has 6 heteroatoms. The third kappa shape index (κ3) is 48.9. The van der Waals surface area contributed by atoms with Gasteiger partial charge in [-0.15, -0.1) is 0 Å². The molecule has 0 aliphatic rings. The van der Waals surface area contributed by atoms with E-state index in [0.29, 0.717) is 19.3 Å². The van der Waals surface area contributed by atoms with Crippen LogP contribution in [0.5, 0.6) is 0 Å². The summed E-state index contributed by atoms with van der Waals surface area (Å²) in [7, 11) is 0. The lowest BCUT2D eigenvalue weighted by molar-refractivity contribution is -0.167. The van der Waals surface area contributed by atoms with Crippen molar-refractivity contribution in [2.75, 3.05) is 13.2 Å². The van der Waals surface area contributed by atoms with Crippen LogP contribution in [-0.2, 0) is 28.6 Å². The average molecular weight is 873 g/mol. The van der Waals surface area contributed by atoms with E-state index in [1.54, 1.807) is 0 Å². The molecule has 62 heavy (non-hydrogen) atoms. The van der Waals surface area contributed by atoms with Gasteiger partial charge in [-0.05, 0) is 70.6 Å². The lowest BCUT2D eigenvalue weighted by Gasteiger charge is -2.18. The topological polar surface area (TPSA) is 78.9 Å². The summed E-state index contributed by atoms with van der Waals surface area (Å²) in [5.74, 6) is -0.879. The molecule has 0 fully saturated rings. The zero-order valence-corrected chi connectivity index (χ0v) is 41.7. The number of carbonyl (C=O) groups excluding carboxylic acids is 3. The van der Waals surface area contributed by atoms with E-state index in [9.17, 15) is 14.4 Å². The molecule has 364 valence electrons. The van der Waals surface area contributed by atoms with Crippen molar-refractivity contribution in [2.24, 2.45) is 0 Å². The number of esters is 3. The third-order valence-corrected chi connectivity index (χ3v) is 12.2. The summed E-state index contributed by atoms with van der Waals surface area (Å²) in [5.41, 5.74) is 0. The average Bonchev–Trinajstić information content (AvgIpc) is 3.27. The minimum atomic E-state index is -0.775. The lowest BCUT2D eigenvalue weighted by atomic mass is 10.0. The van der Waals surface area contributed by atoms with Crippen molar-refractivity contribution >= 4 is 17.9 Å². The summed E-state index contributed by atoms with van der Waals surface area (Å²) in [6.45, 7) is 6.64. The van der Waals surface area contributed by atoms with Crippen LogP contribution in [0, 0.1) is 0 Å². The van der Waals surface area contributed by atoms with Gasteiger partial charge in [-0.3, -0.25) is 14.4 Å². The molecular weight excluding hydrogens is 769 g/mol. The molecule has 1 unspecified atom stereocenters. The van der Waals surface area contributed by atoms with E-state index in [1.165, 1.54) is 186 Å². The van der Waals surface area contributed by atoms with Gasteiger partial charge < -0.3 is 14.2 Å². The highest BCUT2D eigenvalue weighted by Gasteiger charge is 2.19. The van der Waals surface area contributed by atoms with Crippen LogP contribution < -0.4 is 0 Å². The maximum Gasteiger partial charge on any atom is 0.306 e. The molecule has 0 aliphatic carbocycles. The molecule has 6 nitrogen and oxygen atoms in total. The van der Waals surface area contributed by atoms with Gasteiger partial charge >= 0.3 is 17.9 Å². The number of rotatable bonds is 50. The predicted octanol–water partition coefficient (Wildman–Crippen LogP) is 17.9. The molecule has 0 aromatic carbocycles. The van der Waals surface area contributed by atoms with E-state index in [-0.39, 0.29) is 31.1 Å². The van der Waals surface area contributed by atoms with E-state index in [2.05, 4.69) is 45.1 Å². The molecule has 0 rings (SSSR count). The first kappa shape index (κ1) is 59.9. The summed E-state index contributed by atoms with van der Waals surface area (Å²) in [4.78, 5) is 38.0. The number of carbonyl (C=O) groups is 3. The zero-order chi connectivity index (χ0) is 45.1. The number of allylic oxidation sites excluding steroid dienone is 4. The molecule has 0 aliphatic heterocycles. The van der Waals surface area contributed by atoms with Crippen molar-refractivity contribution in [3.05, 3.63) is 24.3 Å². The van der Waals surface area contributed by atoms with Crippen LogP contribution in [0.4, 0.5) is 0 Å². The fourth-order valence-corrected chi connectivity index (χ4v) is 8.02. The van der Waals surface area contributed by atoms with Gasteiger partial charge in [0.1, 0.15) is 13.2 Å². The van der Waals surface area contributed by atoms with E-state index in [0.717, 1.165) is 70.6 Å². The predicted molar refractivity (Wildman–Crippen MR) is 266 cm³/mol. The fraction of sp³-hybridized carbons (Fsp3) is 0.875. The van der Waals surface area contributed by atoms with E-state index < -0.39 is 6.10 Å². The molecule has 0 heterocycles. The molecule has 0 amide bonds. The fourth-order valence-electron chi connectivity index (χ4n) is 8.02. The summed E-state index contributed by atoms with van der Waals surface area (Å²) >= 11 is 0. The van der Waals surface area contributed by atoms with Gasteiger partial charge in [0.05, 0.1) is 0 Å². The van der Waals surface area contributed by atoms with Crippen molar-refractivity contribution in [2.45, 2.75) is 303 Å². The van der Waals surface area contributed by atoms with Crippen molar-refractivity contribution in [3.8, 4) is 0 Å². The van der Waals surface area contributed by atoms with E-state index in [4.69, 9.17) is 14.2 Å². The Balaban J connectivity index is 4.35. The highest BCUT2D eigenvalue weighted by atomic mass is 16.6. The van der Waals surface area contributed by atoms with Gasteiger partial charge in [-0.25, -0.2) is 0 Å². The summed E-state index contributed by atoms with van der Waals surface area (Å²) in [5, 5.41) is 0. The Morgan fingerprint density at radius 2 is 0.532 bits per heavy atom. The zero-order valence-electron chi connectivity index (χ0n) is 41.7. The molecule has 0 saturated carbocycles. The number of ether oxygens (including phenoxy) is 3. The Hall–Kier alpha value is -2.11. The second-order valence-corrected chi connectivity index (χ2v) is 18.5. The summed E-state index contributed by atoms with van der Waals surface area (Å²) in [6, 6.07) is 0. The molecular formula is C56H104O6. The number of hydrogen-bond donors (Lipinski definition) is 0.